The number of rotatable bonds is 2. The van der Waals surface area contributed by atoms with Crippen molar-refractivity contribution >= 4 is 32.5 Å². The van der Waals surface area contributed by atoms with E-state index in [-0.39, 0.29) is 5.82 Å². The summed E-state index contributed by atoms with van der Waals surface area (Å²) in [6, 6.07) is 8.16. The molecule has 118 valence electrons. The number of hydrogen-bond donors (Lipinski definition) is 0. The molecule has 2 aromatic heterocycles. The van der Waals surface area contributed by atoms with E-state index in [1.54, 1.807) is 18.3 Å². The lowest BCUT2D eigenvalue weighted by atomic mass is 10.3. The van der Waals surface area contributed by atoms with Crippen molar-refractivity contribution in [1.29, 1.82) is 0 Å². The van der Waals surface area contributed by atoms with Gasteiger partial charge in [0.15, 0.2) is 16.8 Å². The fourth-order valence-corrected chi connectivity index (χ4v) is 3.79. The van der Waals surface area contributed by atoms with Crippen LogP contribution in [0.15, 0.2) is 30.6 Å². The molecule has 0 radical (unpaired) electrons. The third-order valence-electron chi connectivity index (χ3n) is 4.08. The second-order valence-corrected chi connectivity index (χ2v) is 6.54. The highest BCUT2D eigenvalue weighted by molar-refractivity contribution is 7.22. The van der Waals surface area contributed by atoms with Gasteiger partial charge in [-0.25, -0.2) is 19.3 Å². The maximum atomic E-state index is 14.2. The van der Waals surface area contributed by atoms with Gasteiger partial charge in [-0.2, -0.15) is 0 Å². The number of aryl methyl sites for hydroxylation is 1. The Morgan fingerprint density at radius 1 is 1.04 bits per heavy atom. The Bertz CT molecular complexity index is 808. The lowest BCUT2D eigenvalue weighted by Crippen LogP contribution is -2.47. The third kappa shape index (κ3) is 2.61. The Kier molecular flexibility index (Phi) is 3.57. The molecule has 23 heavy (non-hydrogen) atoms. The van der Waals surface area contributed by atoms with Crippen LogP contribution in [-0.2, 0) is 0 Å². The average Bonchev–Trinajstić information content (AvgIpc) is 3.02. The first-order valence-corrected chi connectivity index (χ1v) is 8.36. The van der Waals surface area contributed by atoms with Crippen LogP contribution >= 0.6 is 11.3 Å². The lowest BCUT2D eigenvalue weighted by molar-refractivity contribution is 0.574. The van der Waals surface area contributed by atoms with Crippen LogP contribution in [0.25, 0.3) is 10.2 Å². The summed E-state index contributed by atoms with van der Waals surface area (Å²) in [5.74, 6) is 0.0855. The van der Waals surface area contributed by atoms with Crippen molar-refractivity contribution in [3.8, 4) is 0 Å². The Morgan fingerprint density at radius 2 is 1.78 bits per heavy atom. The van der Waals surface area contributed by atoms with Gasteiger partial charge >= 0.3 is 0 Å². The highest BCUT2D eigenvalue weighted by Gasteiger charge is 2.23. The van der Waals surface area contributed by atoms with E-state index in [9.17, 15) is 4.39 Å². The van der Waals surface area contributed by atoms with Gasteiger partial charge in [-0.15, -0.1) is 0 Å². The molecular formula is C16H16FN5S. The summed E-state index contributed by atoms with van der Waals surface area (Å²) in [7, 11) is 0. The van der Waals surface area contributed by atoms with E-state index >= 15 is 0 Å². The maximum Gasteiger partial charge on any atom is 0.186 e. The Morgan fingerprint density at radius 3 is 2.57 bits per heavy atom. The number of fused-ring (bicyclic) bond motifs is 1. The van der Waals surface area contributed by atoms with E-state index in [1.165, 1.54) is 11.0 Å². The molecule has 0 amide bonds. The van der Waals surface area contributed by atoms with Gasteiger partial charge in [-0.1, -0.05) is 23.5 Å². The molecule has 1 aliphatic rings. The van der Waals surface area contributed by atoms with E-state index in [2.05, 4.69) is 20.9 Å². The van der Waals surface area contributed by atoms with Crippen molar-refractivity contribution in [3.05, 3.63) is 42.1 Å². The summed E-state index contributed by atoms with van der Waals surface area (Å²) in [5.41, 5.74) is 1.43. The predicted octanol–water partition coefficient (Wildman–Crippen LogP) is 2.86. The fourth-order valence-electron chi connectivity index (χ4n) is 2.77. The number of benzene rings is 1. The van der Waals surface area contributed by atoms with Gasteiger partial charge in [0.1, 0.15) is 6.33 Å². The highest BCUT2D eigenvalue weighted by Crippen LogP contribution is 2.29. The minimum Gasteiger partial charge on any atom is -0.351 e. The second-order valence-electron chi connectivity index (χ2n) is 5.53. The van der Waals surface area contributed by atoms with Gasteiger partial charge in [0.25, 0.3) is 0 Å². The number of hydrogen-bond acceptors (Lipinski definition) is 6. The van der Waals surface area contributed by atoms with E-state index in [0.717, 1.165) is 36.8 Å². The molecule has 1 aliphatic heterocycles. The summed E-state index contributed by atoms with van der Waals surface area (Å²) in [4.78, 5) is 16.9. The van der Waals surface area contributed by atoms with Crippen LogP contribution in [0.5, 0.6) is 0 Å². The molecule has 1 saturated heterocycles. The van der Waals surface area contributed by atoms with Crippen molar-refractivity contribution in [2.45, 2.75) is 6.92 Å². The van der Waals surface area contributed by atoms with Crippen LogP contribution in [0.2, 0.25) is 0 Å². The van der Waals surface area contributed by atoms with Crippen molar-refractivity contribution in [1.82, 2.24) is 15.0 Å². The molecule has 3 aromatic rings. The zero-order chi connectivity index (χ0) is 15.8. The molecule has 4 rings (SSSR count). The quantitative estimate of drug-likeness (QED) is 0.723. The molecule has 0 unspecified atom stereocenters. The minimum atomic E-state index is -0.319. The Hall–Kier alpha value is -2.28. The average molecular weight is 329 g/mol. The van der Waals surface area contributed by atoms with Crippen LogP contribution in [0.4, 0.5) is 15.3 Å². The number of aromatic nitrogens is 3. The largest absolute Gasteiger partial charge is 0.351 e. The molecule has 1 fully saturated rings. The zero-order valence-corrected chi connectivity index (χ0v) is 13.6. The van der Waals surface area contributed by atoms with Gasteiger partial charge < -0.3 is 9.80 Å². The van der Waals surface area contributed by atoms with Crippen LogP contribution in [0.1, 0.15) is 5.69 Å². The molecule has 5 nitrogen and oxygen atoms in total. The van der Waals surface area contributed by atoms with Gasteiger partial charge in [0.2, 0.25) is 0 Å². The standard InChI is InChI=1S/C16H16FN5S/c1-11-14(17)15(19-10-18-11)21-6-8-22(9-7-21)16-20-12-4-2-3-5-13(12)23-16/h2-5,10H,6-9H2,1H3. The molecule has 0 atom stereocenters. The maximum absolute atomic E-state index is 14.2. The Labute approximate surface area is 137 Å². The summed E-state index contributed by atoms with van der Waals surface area (Å²) in [6.07, 6.45) is 1.42. The molecule has 0 spiro atoms. The SMILES string of the molecule is Cc1ncnc(N2CCN(c3nc4ccccc4s3)CC2)c1F. The van der Waals surface area contributed by atoms with Crippen molar-refractivity contribution in [2.24, 2.45) is 0 Å². The molecule has 7 heteroatoms. The lowest BCUT2D eigenvalue weighted by Gasteiger charge is -2.35. The summed E-state index contributed by atoms with van der Waals surface area (Å²) in [6.45, 7) is 4.73. The van der Waals surface area contributed by atoms with E-state index in [1.807, 2.05) is 23.1 Å². The molecule has 0 bridgehead atoms. The normalized spacial score (nSPS) is 15.4. The van der Waals surface area contributed by atoms with Gasteiger partial charge in [0, 0.05) is 26.2 Å². The zero-order valence-electron chi connectivity index (χ0n) is 12.7. The van der Waals surface area contributed by atoms with Gasteiger partial charge in [0.05, 0.1) is 15.9 Å². The smallest absolute Gasteiger partial charge is 0.186 e. The topological polar surface area (TPSA) is 45.2 Å². The number of nitrogens with zero attached hydrogens (tertiary/aromatic N) is 5. The van der Waals surface area contributed by atoms with Crippen molar-refractivity contribution in [2.75, 3.05) is 36.0 Å². The van der Waals surface area contributed by atoms with Gasteiger partial charge in [-0.05, 0) is 19.1 Å². The highest BCUT2D eigenvalue weighted by atomic mass is 32.1. The third-order valence-corrected chi connectivity index (χ3v) is 5.17. The summed E-state index contributed by atoms with van der Waals surface area (Å²) >= 11 is 1.70. The molecule has 0 saturated carbocycles. The number of piperazine rings is 1. The predicted molar refractivity (Wildman–Crippen MR) is 90.8 cm³/mol. The summed E-state index contributed by atoms with van der Waals surface area (Å²) in [5, 5.41) is 1.03. The number of thiazole rings is 1. The molecular weight excluding hydrogens is 313 g/mol. The monoisotopic (exact) mass is 329 g/mol. The summed E-state index contributed by atoms with van der Waals surface area (Å²) < 4.78 is 15.4. The number of para-hydroxylation sites is 1. The van der Waals surface area contributed by atoms with E-state index in [0.29, 0.717) is 11.5 Å². The van der Waals surface area contributed by atoms with E-state index in [4.69, 9.17) is 4.98 Å². The van der Waals surface area contributed by atoms with Crippen molar-refractivity contribution < 1.29 is 4.39 Å². The van der Waals surface area contributed by atoms with Crippen LogP contribution < -0.4 is 9.80 Å². The first-order valence-electron chi connectivity index (χ1n) is 7.55. The molecule has 0 aliphatic carbocycles. The fraction of sp³-hybridized carbons (Fsp3) is 0.312. The first kappa shape index (κ1) is 14.3. The molecule has 1 aromatic carbocycles. The van der Waals surface area contributed by atoms with E-state index < -0.39 is 0 Å². The Balaban J connectivity index is 1.51. The number of halogens is 1. The molecule has 0 N–H and O–H groups in total. The van der Waals surface area contributed by atoms with Crippen LogP contribution in [-0.4, -0.2) is 41.1 Å². The van der Waals surface area contributed by atoms with Crippen molar-refractivity contribution in [3.63, 3.8) is 0 Å². The first-order chi connectivity index (χ1) is 11.2. The van der Waals surface area contributed by atoms with Crippen LogP contribution in [0, 0.1) is 12.7 Å². The van der Waals surface area contributed by atoms with Gasteiger partial charge in [-0.3, -0.25) is 0 Å². The minimum absolute atomic E-state index is 0.319. The number of anilines is 2. The van der Waals surface area contributed by atoms with Crippen LogP contribution in [0.3, 0.4) is 0 Å². The molecule has 3 heterocycles. The second kappa shape index (κ2) is 5.73.